The summed E-state index contributed by atoms with van der Waals surface area (Å²) in [7, 11) is 1.56. The molecule has 65 heavy (non-hydrogen) atoms. The minimum absolute atomic E-state index is 0. The van der Waals surface area contributed by atoms with Gasteiger partial charge in [-0.1, -0.05) is 142 Å². The van der Waals surface area contributed by atoms with Gasteiger partial charge in [0.05, 0.1) is 36.2 Å². The predicted molar refractivity (Wildman–Crippen MR) is 277 cm³/mol. The molecule has 3 aromatic heterocycles. The number of aromatic nitrogens is 3. The van der Waals surface area contributed by atoms with Crippen LogP contribution in [-0.2, 0) is 25.5 Å². The third-order valence-electron chi connectivity index (χ3n) is 11.6. The molecule has 4 nitrogen and oxygen atoms in total. The van der Waals surface area contributed by atoms with Crippen LogP contribution >= 0.6 is 9.24 Å². The fourth-order valence-corrected chi connectivity index (χ4v) is 9.46. The second-order valence-corrected chi connectivity index (χ2v) is 23.9. The molecule has 0 aliphatic carbocycles. The summed E-state index contributed by atoms with van der Waals surface area (Å²) in [5.41, 5.74) is 8.34. The number of aryl methyl sites for hydroxylation is 2. The quantitative estimate of drug-likeness (QED) is 0.0947. The molecule has 0 fully saturated rings. The van der Waals surface area contributed by atoms with Crippen molar-refractivity contribution in [1.82, 2.24) is 14.5 Å². The summed E-state index contributed by atoms with van der Waals surface area (Å²) in [6, 6.07) is 53.3. The monoisotopic (exact) mass is 1070 g/mol. The van der Waals surface area contributed by atoms with Crippen molar-refractivity contribution in [2.45, 2.75) is 66.4 Å². The molecule has 0 aliphatic rings. The molecule has 1 atom stereocenters. The predicted octanol–water partition coefficient (Wildman–Crippen LogP) is 14.5. The molecule has 7 heteroatoms. The first-order valence-electron chi connectivity index (χ1n) is 25.8. The second kappa shape index (κ2) is 18.3. The number of fused-ring (bicyclic) bond motifs is 4. The molecule has 0 aliphatic heterocycles. The van der Waals surface area contributed by atoms with Crippen molar-refractivity contribution in [2.75, 3.05) is 0 Å². The molecule has 1 unspecified atom stereocenters. The second-order valence-electron chi connectivity index (χ2n) is 18.1. The minimum Gasteiger partial charge on any atom is -0.501 e. The maximum atomic E-state index is 8.17. The van der Waals surface area contributed by atoms with Gasteiger partial charge < -0.3 is 14.0 Å². The number of rotatable bonds is 6. The smallest absolute Gasteiger partial charge is 0.121 e. The summed E-state index contributed by atoms with van der Waals surface area (Å²) >= 11 is 0. The first kappa shape index (κ1) is 35.5. The zero-order valence-electron chi connectivity index (χ0n) is 46.1. The zero-order chi connectivity index (χ0) is 52.4. The van der Waals surface area contributed by atoms with Gasteiger partial charge in [-0.2, -0.15) is 0 Å². The van der Waals surface area contributed by atoms with Crippen LogP contribution < -0.4 is 10.5 Å². The van der Waals surface area contributed by atoms with Gasteiger partial charge in [0.15, 0.2) is 0 Å². The average molecular weight is 1070 g/mol. The van der Waals surface area contributed by atoms with Gasteiger partial charge in [0.2, 0.25) is 0 Å². The van der Waals surface area contributed by atoms with Crippen molar-refractivity contribution >= 4 is 60.8 Å². The maximum Gasteiger partial charge on any atom is 0.121 e. The molecule has 0 N–H and O–H groups in total. The van der Waals surface area contributed by atoms with Crippen molar-refractivity contribution in [3.05, 3.63) is 186 Å². The van der Waals surface area contributed by atoms with Crippen LogP contribution in [-0.4, -0.2) is 22.6 Å². The number of hydrogen-bond acceptors (Lipinski definition) is 3. The number of para-hydroxylation sites is 1. The fraction of sp³-hybridized carbons (Fsp3) is 0.172. The summed E-state index contributed by atoms with van der Waals surface area (Å²) in [4.78, 5) is 9.77. The summed E-state index contributed by atoms with van der Waals surface area (Å²) in [6.45, 7) is 4.85. The molecule has 10 rings (SSSR count). The van der Waals surface area contributed by atoms with Gasteiger partial charge in [-0.05, 0) is 99.3 Å². The topological polar surface area (TPSA) is 43.9 Å². The number of hydrogen-bond donors (Lipinski definition) is 0. The number of imidazole rings is 1. The molecule has 0 saturated heterocycles. The first-order valence-corrected chi connectivity index (χ1v) is 25.3. The molecular weight excluding hydrogens is 1010 g/mol. The van der Waals surface area contributed by atoms with E-state index in [1.807, 2.05) is 79.0 Å². The summed E-state index contributed by atoms with van der Waals surface area (Å²) in [5.74, 6) is 0.629. The van der Waals surface area contributed by atoms with Crippen LogP contribution in [0.15, 0.2) is 156 Å². The van der Waals surface area contributed by atoms with E-state index in [1.54, 1.807) is 12.1 Å². The van der Waals surface area contributed by atoms with Crippen LogP contribution in [0, 0.1) is 32.7 Å². The van der Waals surface area contributed by atoms with E-state index in [4.69, 9.17) is 21.7 Å². The van der Waals surface area contributed by atoms with Gasteiger partial charge in [-0.15, -0.1) is 63.3 Å². The summed E-state index contributed by atoms with van der Waals surface area (Å²) < 4.78 is 82.2. The van der Waals surface area contributed by atoms with E-state index in [0.29, 0.717) is 28.1 Å². The minimum atomic E-state index is -2.97. The van der Waals surface area contributed by atoms with Gasteiger partial charge in [0.1, 0.15) is 5.58 Å². The molecule has 327 valence electrons. The molecule has 0 spiro atoms. The Morgan fingerprint density at radius 3 is 2.17 bits per heavy atom. The number of furan rings is 1. The Bertz CT molecular complexity index is 3630. The van der Waals surface area contributed by atoms with Gasteiger partial charge in [0, 0.05) is 49.6 Å². The zero-order valence-corrected chi connectivity index (χ0v) is 41.6. The fourth-order valence-electron chi connectivity index (χ4n) is 8.17. The van der Waals surface area contributed by atoms with Crippen LogP contribution in [0.3, 0.4) is 0 Å². The Labute approximate surface area is 413 Å². The Morgan fingerprint density at radius 1 is 0.708 bits per heavy atom. The van der Waals surface area contributed by atoms with Crippen molar-refractivity contribution < 1.29 is 36.9 Å². The molecule has 10 aromatic rings. The Kier molecular flexibility index (Phi) is 9.98. The number of benzene rings is 7. The van der Waals surface area contributed by atoms with Gasteiger partial charge >= 0.3 is 0 Å². The Balaban J connectivity index is 0.000000365. The van der Waals surface area contributed by atoms with E-state index in [-0.39, 0.29) is 31.1 Å². The van der Waals surface area contributed by atoms with Crippen LogP contribution in [0.4, 0.5) is 0 Å². The van der Waals surface area contributed by atoms with E-state index in [1.165, 1.54) is 17.3 Å². The molecule has 0 saturated carbocycles. The molecule has 0 amide bonds. The van der Waals surface area contributed by atoms with Crippen LogP contribution in [0.2, 0.25) is 19.6 Å². The molecule has 7 aromatic carbocycles. The van der Waals surface area contributed by atoms with E-state index in [9.17, 15) is 0 Å². The van der Waals surface area contributed by atoms with Crippen LogP contribution in [0.1, 0.15) is 55.4 Å². The van der Waals surface area contributed by atoms with Crippen LogP contribution in [0.25, 0.3) is 83.6 Å². The van der Waals surface area contributed by atoms with Crippen molar-refractivity contribution in [1.29, 1.82) is 0 Å². The standard InChI is InChI=1S/C44H38N2OP.C14H16NSi.Ir/c1-26-22-31(23-27(2)28(26)3)30-18-20-34-35-15-10-16-36(42(35)47-40(34)24-30)43-45-38-21-19-32(48)25-39(38)46(43)41-33(29-12-8-7-9-13-29)14-11-17-37(41)44(4,5)6;1-16(2,3)13-9-10-14(15-11-13)12-7-5-4-6-8-12;/h7-15,17-25H,48H2,1-6H3;4-7,9-11H,1-3H3;/q2*-1;/i1D3,2D3,3D3;;. The summed E-state index contributed by atoms with van der Waals surface area (Å²) in [6.07, 6.45) is 2.02. The Morgan fingerprint density at radius 2 is 1.49 bits per heavy atom. The normalized spacial score (nSPS) is 14.4. The molecule has 1 radical (unpaired) electrons. The third kappa shape index (κ3) is 9.11. The van der Waals surface area contributed by atoms with E-state index in [0.717, 1.165) is 60.7 Å². The summed E-state index contributed by atoms with van der Waals surface area (Å²) in [5, 5.41) is 3.96. The van der Waals surface area contributed by atoms with Gasteiger partial charge in [0.25, 0.3) is 0 Å². The van der Waals surface area contributed by atoms with Crippen molar-refractivity contribution in [3.8, 4) is 50.6 Å². The molecule has 3 heterocycles. The molecular formula is C58H54IrN3OPSi-2. The number of nitrogens with zero attached hydrogens (tertiary/aromatic N) is 3. The SMILES string of the molecule is C[Si](C)(C)c1ccc(-c2[c-]cccc2)nc1.[2H]C([2H])([2H])c1cc(-c2ccc3c(c2)oc2c(-c4nc5ccc(P)cc5n4-c4c(-c5ccccc5)cccc4C(C)(C)C)[c-]ccc23)cc(C([2H])([2H])[2H])c1C([2H])([2H])[2H].[Ir]. The van der Waals surface area contributed by atoms with E-state index < -0.39 is 45.3 Å². The Hall–Kier alpha value is -5.74. The number of pyridine rings is 1. The van der Waals surface area contributed by atoms with Gasteiger partial charge in [-0.3, -0.25) is 4.98 Å². The molecule has 0 bridgehead atoms. The van der Waals surface area contributed by atoms with E-state index >= 15 is 0 Å². The first-order chi connectivity index (χ1) is 34.3. The third-order valence-corrected chi connectivity index (χ3v) is 14.0. The van der Waals surface area contributed by atoms with Crippen LogP contribution in [0.5, 0.6) is 0 Å². The largest absolute Gasteiger partial charge is 0.501 e. The van der Waals surface area contributed by atoms with Crippen molar-refractivity contribution in [3.63, 3.8) is 0 Å². The average Bonchev–Trinajstić information content (AvgIpc) is 3.90. The van der Waals surface area contributed by atoms with Crippen molar-refractivity contribution in [2.24, 2.45) is 0 Å². The van der Waals surface area contributed by atoms with Gasteiger partial charge in [-0.25, -0.2) is 0 Å². The maximum absolute atomic E-state index is 8.17. The van der Waals surface area contributed by atoms with E-state index in [2.05, 4.69) is 120 Å².